The van der Waals surface area contributed by atoms with Crippen LogP contribution in [0.15, 0.2) is 22.7 Å². The SMILES string of the molecule is O=C(O)CC1c2cccc(Br)c2C2(CCNCC2)C1C(=O)OC1C2CC3CC(C2)CC1C3. The van der Waals surface area contributed by atoms with Crippen molar-refractivity contribution in [2.45, 2.75) is 68.8 Å². The molecule has 1 heterocycles. The van der Waals surface area contributed by atoms with Crippen LogP contribution < -0.4 is 5.32 Å². The molecule has 0 aromatic heterocycles. The van der Waals surface area contributed by atoms with Crippen LogP contribution >= 0.6 is 15.9 Å². The van der Waals surface area contributed by atoms with Crippen LogP contribution in [0.5, 0.6) is 0 Å². The predicted molar refractivity (Wildman–Crippen MR) is 123 cm³/mol. The van der Waals surface area contributed by atoms with Gasteiger partial charge in [-0.2, -0.15) is 0 Å². The Balaban J connectivity index is 1.36. The Morgan fingerprint density at radius 1 is 1.06 bits per heavy atom. The van der Waals surface area contributed by atoms with Crippen LogP contribution in [0.3, 0.4) is 0 Å². The van der Waals surface area contributed by atoms with Crippen molar-refractivity contribution in [1.82, 2.24) is 5.32 Å². The summed E-state index contributed by atoms with van der Waals surface area (Å²) in [4.78, 5) is 25.9. The fraction of sp³-hybridized carbons (Fsp3) is 0.692. The number of halogens is 1. The quantitative estimate of drug-likeness (QED) is 0.588. The number of nitrogens with one attached hydrogen (secondary N) is 1. The second-order valence-corrected chi connectivity index (χ2v) is 12.0. The minimum atomic E-state index is -0.848. The maximum absolute atomic E-state index is 14.0. The molecular formula is C26H32BrNO4. The van der Waals surface area contributed by atoms with E-state index in [-0.39, 0.29) is 29.8 Å². The van der Waals surface area contributed by atoms with Crippen LogP contribution in [0.25, 0.3) is 0 Å². The van der Waals surface area contributed by atoms with Crippen molar-refractivity contribution >= 4 is 27.9 Å². The minimum absolute atomic E-state index is 0.0277. The first-order chi connectivity index (χ1) is 15.5. The van der Waals surface area contributed by atoms with Crippen molar-refractivity contribution < 1.29 is 19.4 Å². The number of hydrogen-bond acceptors (Lipinski definition) is 4. The lowest BCUT2D eigenvalue weighted by Gasteiger charge is -2.54. The fourth-order valence-corrected chi connectivity index (χ4v) is 9.39. The molecule has 32 heavy (non-hydrogen) atoms. The Morgan fingerprint density at radius 2 is 1.72 bits per heavy atom. The van der Waals surface area contributed by atoms with Gasteiger partial charge in [0.2, 0.25) is 0 Å². The number of piperidine rings is 1. The van der Waals surface area contributed by atoms with Crippen molar-refractivity contribution in [3.05, 3.63) is 33.8 Å². The molecule has 6 aliphatic rings. The summed E-state index contributed by atoms with van der Waals surface area (Å²) in [5, 5.41) is 13.2. The average molecular weight is 502 g/mol. The maximum Gasteiger partial charge on any atom is 0.310 e. The van der Waals surface area contributed by atoms with Crippen LogP contribution in [0.4, 0.5) is 0 Å². The van der Waals surface area contributed by atoms with E-state index >= 15 is 0 Å². The third kappa shape index (κ3) is 3.19. The zero-order chi connectivity index (χ0) is 22.0. The molecule has 6 heteroatoms. The summed E-state index contributed by atoms with van der Waals surface area (Å²) < 4.78 is 7.45. The third-order valence-electron chi connectivity index (χ3n) is 9.48. The molecule has 5 nitrogen and oxygen atoms in total. The van der Waals surface area contributed by atoms with Gasteiger partial charge in [-0.3, -0.25) is 9.59 Å². The zero-order valence-electron chi connectivity index (χ0n) is 18.4. The lowest BCUT2D eigenvalue weighted by Crippen LogP contribution is -2.52. The summed E-state index contributed by atoms with van der Waals surface area (Å²) in [5.41, 5.74) is 1.82. The first-order valence-corrected chi connectivity index (χ1v) is 13.2. The molecule has 1 aromatic rings. The van der Waals surface area contributed by atoms with Crippen LogP contribution in [0, 0.1) is 29.6 Å². The molecule has 0 amide bonds. The molecule has 5 fully saturated rings. The van der Waals surface area contributed by atoms with Crippen molar-refractivity contribution in [3.8, 4) is 0 Å². The number of esters is 1. The summed E-state index contributed by atoms with van der Waals surface area (Å²) in [6.07, 6.45) is 7.86. The predicted octanol–water partition coefficient (Wildman–Crippen LogP) is 4.63. The monoisotopic (exact) mass is 501 g/mol. The van der Waals surface area contributed by atoms with E-state index in [0.717, 1.165) is 53.4 Å². The van der Waals surface area contributed by atoms with Gasteiger partial charge in [0.15, 0.2) is 0 Å². The highest BCUT2D eigenvalue weighted by molar-refractivity contribution is 9.10. The Bertz CT molecular complexity index is 912. The summed E-state index contributed by atoms with van der Waals surface area (Å²) >= 11 is 3.76. The topological polar surface area (TPSA) is 75.6 Å². The smallest absolute Gasteiger partial charge is 0.310 e. The van der Waals surface area contributed by atoms with Crippen molar-refractivity contribution in [2.24, 2.45) is 29.6 Å². The van der Waals surface area contributed by atoms with E-state index in [9.17, 15) is 14.7 Å². The molecule has 2 unspecified atom stereocenters. The first-order valence-electron chi connectivity index (χ1n) is 12.4. The van der Waals surface area contributed by atoms with Gasteiger partial charge in [0, 0.05) is 15.8 Å². The average Bonchev–Trinajstić information content (AvgIpc) is 3.00. The number of carbonyl (C=O) groups is 2. The van der Waals surface area contributed by atoms with Crippen molar-refractivity contribution in [2.75, 3.05) is 13.1 Å². The molecule has 4 saturated carbocycles. The van der Waals surface area contributed by atoms with Gasteiger partial charge >= 0.3 is 11.9 Å². The van der Waals surface area contributed by atoms with Gasteiger partial charge in [0.1, 0.15) is 6.10 Å². The summed E-state index contributed by atoms with van der Waals surface area (Å²) in [6, 6.07) is 6.04. The minimum Gasteiger partial charge on any atom is -0.481 e. The highest BCUT2D eigenvalue weighted by Crippen LogP contribution is 2.60. The van der Waals surface area contributed by atoms with Gasteiger partial charge < -0.3 is 15.2 Å². The zero-order valence-corrected chi connectivity index (χ0v) is 20.0. The number of carboxylic acids is 1. The lowest BCUT2D eigenvalue weighted by molar-refractivity contribution is -0.179. The second-order valence-electron chi connectivity index (χ2n) is 11.1. The summed E-state index contributed by atoms with van der Waals surface area (Å²) in [7, 11) is 0. The number of carbonyl (C=O) groups excluding carboxylic acids is 1. The molecule has 1 saturated heterocycles. The Morgan fingerprint density at radius 3 is 2.34 bits per heavy atom. The van der Waals surface area contributed by atoms with E-state index in [1.807, 2.05) is 18.2 Å². The lowest BCUT2D eigenvalue weighted by atomic mass is 9.55. The molecule has 172 valence electrons. The van der Waals surface area contributed by atoms with E-state index in [1.54, 1.807) is 0 Å². The van der Waals surface area contributed by atoms with E-state index in [1.165, 1.54) is 32.1 Å². The van der Waals surface area contributed by atoms with Gasteiger partial charge in [-0.1, -0.05) is 28.1 Å². The molecule has 2 N–H and O–H groups in total. The van der Waals surface area contributed by atoms with Crippen LogP contribution in [0.2, 0.25) is 0 Å². The summed E-state index contributed by atoms with van der Waals surface area (Å²) in [6.45, 7) is 1.67. The fourth-order valence-electron chi connectivity index (χ4n) is 8.61. The number of hydrogen-bond donors (Lipinski definition) is 2. The van der Waals surface area contributed by atoms with Gasteiger partial charge in [0.05, 0.1) is 12.3 Å². The number of fused-ring (bicyclic) bond motifs is 2. The van der Waals surface area contributed by atoms with Crippen molar-refractivity contribution in [1.29, 1.82) is 0 Å². The van der Waals surface area contributed by atoms with E-state index in [4.69, 9.17) is 4.74 Å². The van der Waals surface area contributed by atoms with Crippen LogP contribution in [-0.4, -0.2) is 36.2 Å². The van der Waals surface area contributed by atoms with Gasteiger partial charge in [-0.05, 0) is 98.9 Å². The molecule has 0 radical (unpaired) electrons. The Hall–Kier alpha value is -1.40. The molecule has 5 aliphatic carbocycles. The van der Waals surface area contributed by atoms with E-state index < -0.39 is 11.9 Å². The summed E-state index contributed by atoms with van der Waals surface area (Å²) in [5.74, 6) is 0.927. The standard InChI is InChI=1S/C26H32BrNO4/c27-20-3-1-2-18-19(13-21(29)30)23(26(22(18)20)4-6-28-7-5-26)25(31)32-24-16-9-14-8-15(11-16)12-17(24)10-14/h1-3,14-17,19,23-24,28H,4-13H2,(H,29,30). The molecular weight excluding hydrogens is 470 g/mol. The normalized spacial score (nSPS) is 38.6. The van der Waals surface area contributed by atoms with Crippen molar-refractivity contribution in [3.63, 3.8) is 0 Å². The number of aliphatic carboxylic acids is 1. The Kier molecular flexibility index (Phi) is 5.18. The second kappa shape index (κ2) is 7.83. The van der Waals surface area contributed by atoms with Gasteiger partial charge in [-0.25, -0.2) is 0 Å². The highest BCUT2D eigenvalue weighted by atomic mass is 79.9. The number of rotatable bonds is 4. The van der Waals surface area contributed by atoms with E-state index in [2.05, 4.69) is 21.2 Å². The maximum atomic E-state index is 14.0. The molecule has 2 atom stereocenters. The largest absolute Gasteiger partial charge is 0.481 e. The molecule has 7 rings (SSSR count). The third-order valence-corrected chi connectivity index (χ3v) is 10.1. The number of carboxylic acid groups (broad SMARTS) is 1. The first kappa shape index (κ1) is 21.2. The van der Waals surface area contributed by atoms with E-state index in [0.29, 0.717) is 11.8 Å². The molecule has 1 spiro atoms. The van der Waals surface area contributed by atoms with Gasteiger partial charge in [-0.15, -0.1) is 0 Å². The number of benzene rings is 1. The van der Waals surface area contributed by atoms with Crippen LogP contribution in [0.1, 0.15) is 68.4 Å². The van der Waals surface area contributed by atoms with Crippen LogP contribution in [-0.2, 0) is 19.7 Å². The molecule has 1 aromatic carbocycles. The Labute approximate surface area is 197 Å². The molecule has 1 aliphatic heterocycles. The number of ether oxygens (including phenoxy) is 1. The highest BCUT2D eigenvalue weighted by Gasteiger charge is 2.58. The molecule has 4 bridgehead atoms. The van der Waals surface area contributed by atoms with Gasteiger partial charge in [0.25, 0.3) is 0 Å².